The van der Waals surface area contributed by atoms with Gasteiger partial charge in [0.15, 0.2) is 5.78 Å². The number of hydrogen-bond acceptors (Lipinski definition) is 4. The van der Waals surface area contributed by atoms with E-state index in [-0.39, 0.29) is 22.9 Å². The number of hydrogen-bond donors (Lipinski definition) is 0. The SMILES string of the molecule is CCCC(=O)N1CCN(c2cc3c(CC)c(C(=O)CC4CC4)cnc3cc2C(F)(F)F)CC1. The zero-order valence-corrected chi connectivity index (χ0v) is 19.2. The fourth-order valence-electron chi connectivity index (χ4n) is 4.66. The molecule has 1 aliphatic carbocycles. The first-order chi connectivity index (χ1) is 15.7. The third-order valence-corrected chi connectivity index (χ3v) is 6.66. The largest absolute Gasteiger partial charge is 0.418 e. The van der Waals surface area contributed by atoms with Crippen LogP contribution in [0.4, 0.5) is 18.9 Å². The molecule has 0 atom stereocenters. The molecule has 33 heavy (non-hydrogen) atoms. The van der Waals surface area contributed by atoms with Crippen LogP contribution >= 0.6 is 0 Å². The van der Waals surface area contributed by atoms with Crippen LogP contribution in [0, 0.1) is 5.92 Å². The summed E-state index contributed by atoms with van der Waals surface area (Å²) in [5, 5.41) is 0.603. The highest BCUT2D eigenvalue weighted by Crippen LogP contribution is 2.41. The molecule has 1 aromatic carbocycles. The maximum atomic E-state index is 14.0. The number of carbonyl (C=O) groups excluding carboxylic acids is 2. The lowest BCUT2D eigenvalue weighted by molar-refractivity contribution is -0.137. The van der Waals surface area contributed by atoms with Crippen molar-refractivity contribution in [3.8, 4) is 0 Å². The smallest absolute Gasteiger partial charge is 0.367 e. The molecule has 4 rings (SSSR count). The van der Waals surface area contributed by atoms with Crippen molar-refractivity contribution < 1.29 is 22.8 Å². The van der Waals surface area contributed by atoms with Gasteiger partial charge in [-0.05, 0) is 49.3 Å². The fraction of sp³-hybridized carbons (Fsp3) is 0.560. The Kier molecular flexibility index (Phi) is 6.64. The van der Waals surface area contributed by atoms with Gasteiger partial charge in [-0.3, -0.25) is 14.6 Å². The van der Waals surface area contributed by atoms with Gasteiger partial charge in [-0.25, -0.2) is 0 Å². The van der Waals surface area contributed by atoms with Gasteiger partial charge >= 0.3 is 6.18 Å². The molecule has 0 bridgehead atoms. The highest BCUT2D eigenvalue weighted by molar-refractivity contribution is 6.02. The molecule has 0 N–H and O–H groups in total. The molecule has 1 aliphatic heterocycles. The maximum Gasteiger partial charge on any atom is 0.418 e. The zero-order valence-electron chi connectivity index (χ0n) is 19.2. The molecule has 0 radical (unpaired) electrons. The van der Waals surface area contributed by atoms with Crippen LogP contribution in [-0.2, 0) is 17.4 Å². The molecule has 2 heterocycles. The Labute approximate surface area is 191 Å². The molecular formula is C25H30F3N3O2. The van der Waals surface area contributed by atoms with Crippen molar-refractivity contribution in [3.63, 3.8) is 0 Å². The number of rotatable bonds is 7. The van der Waals surface area contributed by atoms with Crippen molar-refractivity contribution in [2.24, 2.45) is 5.92 Å². The van der Waals surface area contributed by atoms with Gasteiger partial charge in [0.2, 0.25) is 5.91 Å². The highest BCUT2D eigenvalue weighted by Gasteiger charge is 2.37. The maximum absolute atomic E-state index is 14.0. The number of amides is 1. The summed E-state index contributed by atoms with van der Waals surface area (Å²) in [6.45, 7) is 5.30. The van der Waals surface area contributed by atoms with Crippen molar-refractivity contribution in [1.29, 1.82) is 0 Å². The second kappa shape index (κ2) is 9.31. The average molecular weight is 462 g/mol. The van der Waals surface area contributed by atoms with E-state index in [4.69, 9.17) is 0 Å². The van der Waals surface area contributed by atoms with Gasteiger partial charge in [-0.15, -0.1) is 0 Å². The summed E-state index contributed by atoms with van der Waals surface area (Å²) >= 11 is 0. The number of alkyl halides is 3. The fourth-order valence-corrected chi connectivity index (χ4v) is 4.66. The van der Waals surface area contributed by atoms with Gasteiger partial charge in [0.1, 0.15) is 0 Å². The number of ketones is 1. The minimum Gasteiger partial charge on any atom is -0.367 e. The number of aromatic nitrogens is 1. The van der Waals surface area contributed by atoms with Crippen LogP contribution in [0.5, 0.6) is 0 Å². The molecule has 5 nitrogen and oxygen atoms in total. The summed E-state index contributed by atoms with van der Waals surface area (Å²) in [6, 6.07) is 2.66. The number of anilines is 1. The van der Waals surface area contributed by atoms with Gasteiger partial charge in [0.05, 0.1) is 11.1 Å². The van der Waals surface area contributed by atoms with Crippen LogP contribution < -0.4 is 4.90 Å². The van der Waals surface area contributed by atoms with Crippen LogP contribution in [-0.4, -0.2) is 47.8 Å². The molecule has 0 unspecified atom stereocenters. The zero-order chi connectivity index (χ0) is 23.8. The van der Waals surface area contributed by atoms with Gasteiger partial charge < -0.3 is 9.80 Å². The minimum atomic E-state index is -4.53. The van der Waals surface area contributed by atoms with E-state index < -0.39 is 11.7 Å². The van der Waals surface area contributed by atoms with E-state index >= 15 is 0 Å². The van der Waals surface area contributed by atoms with Gasteiger partial charge in [-0.2, -0.15) is 13.2 Å². The average Bonchev–Trinajstić information content (AvgIpc) is 3.61. The van der Waals surface area contributed by atoms with Crippen molar-refractivity contribution in [2.75, 3.05) is 31.1 Å². The number of halogens is 3. The lowest BCUT2D eigenvalue weighted by Crippen LogP contribution is -2.49. The predicted octanol–water partition coefficient (Wildman–Crippen LogP) is 5.25. The second-order valence-electron chi connectivity index (χ2n) is 9.08. The summed E-state index contributed by atoms with van der Waals surface area (Å²) < 4.78 is 42.0. The molecule has 1 saturated heterocycles. The van der Waals surface area contributed by atoms with Crippen LogP contribution in [0.3, 0.4) is 0 Å². The van der Waals surface area contributed by atoms with Crippen LogP contribution in [0.25, 0.3) is 10.9 Å². The Balaban J connectivity index is 1.72. The normalized spacial score (nSPS) is 17.0. The van der Waals surface area contributed by atoms with Crippen molar-refractivity contribution >= 4 is 28.3 Å². The van der Waals surface area contributed by atoms with E-state index in [2.05, 4.69) is 4.98 Å². The lowest BCUT2D eigenvalue weighted by Gasteiger charge is -2.37. The first kappa shape index (κ1) is 23.5. The summed E-state index contributed by atoms with van der Waals surface area (Å²) in [5.41, 5.74) is 0.911. The van der Waals surface area contributed by atoms with Crippen molar-refractivity contribution in [3.05, 3.63) is 35.0 Å². The molecule has 2 aliphatic rings. The molecule has 8 heteroatoms. The number of Topliss-reactive ketones (excluding diaryl/α,β-unsaturated/α-hetero) is 1. The number of aryl methyl sites for hydroxylation is 1. The van der Waals surface area contributed by atoms with Crippen LogP contribution in [0.2, 0.25) is 0 Å². The third kappa shape index (κ3) is 4.99. The van der Waals surface area contributed by atoms with E-state index in [1.807, 2.05) is 13.8 Å². The third-order valence-electron chi connectivity index (χ3n) is 6.66. The van der Waals surface area contributed by atoms with E-state index in [9.17, 15) is 22.8 Å². The molecule has 2 aromatic rings. The Morgan fingerprint density at radius 2 is 1.79 bits per heavy atom. The number of benzene rings is 1. The van der Waals surface area contributed by atoms with Crippen LogP contribution in [0.15, 0.2) is 18.3 Å². The molecule has 0 spiro atoms. The number of pyridine rings is 1. The number of fused-ring (bicyclic) bond motifs is 1. The molecular weight excluding hydrogens is 431 g/mol. The topological polar surface area (TPSA) is 53.5 Å². The van der Waals surface area contributed by atoms with Crippen molar-refractivity contribution in [1.82, 2.24) is 9.88 Å². The number of carbonyl (C=O) groups is 2. The Morgan fingerprint density at radius 3 is 2.36 bits per heavy atom. The summed E-state index contributed by atoms with van der Waals surface area (Å²) in [4.78, 5) is 32.7. The first-order valence-corrected chi connectivity index (χ1v) is 11.8. The standard InChI is InChI=1S/C25H30F3N3O2/c1-3-5-24(33)31-10-8-30(9-11-31)22-13-18-17(4-2)19(23(32)12-16-6-7-16)15-29-21(18)14-20(22)25(26,27)28/h13-16H,3-12H2,1-2H3. The Hall–Kier alpha value is -2.64. The molecule has 2 fully saturated rings. The van der Waals surface area contributed by atoms with E-state index in [1.54, 1.807) is 15.9 Å². The number of piperazine rings is 1. The van der Waals surface area contributed by atoms with Gasteiger partial charge in [0.25, 0.3) is 0 Å². The minimum absolute atomic E-state index is 0.0215. The predicted molar refractivity (Wildman–Crippen MR) is 121 cm³/mol. The summed E-state index contributed by atoms with van der Waals surface area (Å²) in [7, 11) is 0. The lowest BCUT2D eigenvalue weighted by atomic mass is 9.94. The van der Waals surface area contributed by atoms with E-state index in [0.717, 1.165) is 30.9 Å². The second-order valence-corrected chi connectivity index (χ2v) is 9.08. The first-order valence-electron chi connectivity index (χ1n) is 11.8. The highest BCUT2D eigenvalue weighted by atomic mass is 19.4. The molecule has 1 aromatic heterocycles. The monoisotopic (exact) mass is 461 g/mol. The summed E-state index contributed by atoms with van der Waals surface area (Å²) in [5.74, 6) is 0.490. The summed E-state index contributed by atoms with van der Waals surface area (Å²) in [6.07, 6.45) is 1.23. The quantitative estimate of drug-likeness (QED) is 0.529. The molecule has 1 amide bonds. The van der Waals surface area contributed by atoms with Crippen LogP contribution in [0.1, 0.15) is 67.4 Å². The van der Waals surface area contributed by atoms with E-state index in [1.165, 1.54) is 6.20 Å². The van der Waals surface area contributed by atoms with Gasteiger partial charge in [0, 0.05) is 61.9 Å². The van der Waals surface area contributed by atoms with E-state index in [0.29, 0.717) is 62.3 Å². The van der Waals surface area contributed by atoms with Crippen molar-refractivity contribution in [2.45, 2.75) is 58.5 Å². The molecule has 178 valence electrons. The van der Waals surface area contributed by atoms with Gasteiger partial charge in [-0.1, -0.05) is 13.8 Å². The number of nitrogens with zero attached hydrogens (tertiary/aromatic N) is 3. The Bertz CT molecular complexity index is 1060. The molecule has 1 saturated carbocycles. The Morgan fingerprint density at radius 1 is 1.09 bits per heavy atom.